The Morgan fingerprint density at radius 2 is 1.84 bits per heavy atom. The van der Waals surface area contributed by atoms with Crippen molar-refractivity contribution >= 4 is 17.8 Å². The molecule has 2 aliphatic rings. The summed E-state index contributed by atoms with van der Waals surface area (Å²) in [5.41, 5.74) is 1.06. The lowest BCUT2D eigenvalue weighted by Crippen LogP contribution is -2.51. The van der Waals surface area contributed by atoms with Crippen molar-refractivity contribution in [3.63, 3.8) is 0 Å². The first kappa shape index (κ1) is 24.2. The van der Waals surface area contributed by atoms with E-state index < -0.39 is 0 Å². The number of H-pyrrole nitrogens is 1. The summed E-state index contributed by atoms with van der Waals surface area (Å²) >= 11 is 0. The molecule has 1 unspecified atom stereocenters. The molecule has 0 bridgehead atoms. The first-order valence-corrected chi connectivity index (χ1v) is 11.6. The Morgan fingerprint density at radius 3 is 2.47 bits per heavy atom. The summed E-state index contributed by atoms with van der Waals surface area (Å²) in [5, 5.41) is 2.98. The van der Waals surface area contributed by atoms with E-state index >= 15 is 0 Å². The molecular formula is C22H36N6O4. The largest absolute Gasteiger partial charge is 0.378 e. The van der Waals surface area contributed by atoms with Crippen molar-refractivity contribution in [1.29, 1.82) is 0 Å². The molecule has 2 amide bonds. The number of aromatic amines is 1. The van der Waals surface area contributed by atoms with Gasteiger partial charge < -0.3 is 19.9 Å². The van der Waals surface area contributed by atoms with Crippen LogP contribution in [0, 0.1) is 6.92 Å². The highest BCUT2D eigenvalue weighted by Crippen LogP contribution is 2.12. The maximum atomic E-state index is 12.7. The van der Waals surface area contributed by atoms with Gasteiger partial charge in [-0.2, -0.15) is 0 Å². The number of morpholine rings is 1. The minimum absolute atomic E-state index is 0.0295. The van der Waals surface area contributed by atoms with Crippen LogP contribution >= 0.6 is 0 Å². The molecule has 1 atom stereocenters. The number of anilines is 1. The number of piperazine rings is 1. The van der Waals surface area contributed by atoms with Crippen molar-refractivity contribution in [2.45, 2.75) is 46.1 Å². The van der Waals surface area contributed by atoms with E-state index in [0.29, 0.717) is 82.7 Å². The highest BCUT2D eigenvalue weighted by atomic mass is 16.5. The van der Waals surface area contributed by atoms with Crippen molar-refractivity contribution in [2.75, 3.05) is 63.9 Å². The number of hydrogen-bond acceptors (Lipinski definition) is 7. The molecule has 3 rings (SSSR count). The summed E-state index contributed by atoms with van der Waals surface area (Å²) in [6.45, 7) is 11.4. The number of aromatic nitrogens is 2. The average Bonchev–Trinajstić information content (AvgIpc) is 2.79. The maximum Gasteiger partial charge on any atom is 0.255 e. The van der Waals surface area contributed by atoms with Crippen molar-refractivity contribution < 1.29 is 14.3 Å². The van der Waals surface area contributed by atoms with Crippen LogP contribution in [0.25, 0.3) is 0 Å². The molecule has 0 saturated carbocycles. The van der Waals surface area contributed by atoms with Crippen LogP contribution in [0.1, 0.15) is 37.9 Å². The summed E-state index contributed by atoms with van der Waals surface area (Å²) in [5.74, 6) is 0.631. The number of hydrogen-bond donors (Lipinski definition) is 2. The van der Waals surface area contributed by atoms with Crippen LogP contribution in [-0.4, -0.2) is 96.7 Å². The number of amides is 2. The molecule has 10 nitrogen and oxygen atoms in total. The van der Waals surface area contributed by atoms with Gasteiger partial charge in [-0.05, 0) is 26.7 Å². The third-order valence-corrected chi connectivity index (χ3v) is 6.22. The zero-order valence-electron chi connectivity index (χ0n) is 19.5. The highest BCUT2D eigenvalue weighted by Gasteiger charge is 2.23. The zero-order chi connectivity index (χ0) is 23.1. The van der Waals surface area contributed by atoms with E-state index in [1.807, 2.05) is 30.6 Å². The Kier molecular flexibility index (Phi) is 8.63. The molecule has 0 aliphatic carbocycles. The van der Waals surface area contributed by atoms with E-state index in [1.54, 1.807) is 0 Å². The van der Waals surface area contributed by atoms with Gasteiger partial charge >= 0.3 is 0 Å². The van der Waals surface area contributed by atoms with Crippen molar-refractivity contribution in [2.24, 2.45) is 0 Å². The van der Waals surface area contributed by atoms with Crippen molar-refractivity contribution in [3.8, 4) is 0 Å². The topological polar surface area (TPSA) is 111 Å². The maximum absolute atomic E-state index is 12.7. The number of carbonyl (C=O) groups is 2. The van der Waals surface area contributed by atoms with E-state index in [-0.39, 0.29) is 29.8 Å². The first-order chi connectivity index (χ1) is 15.4. The number of nitrogens with zero attached hydrogens (tertiary/aromatic N) is 4. The number of nitrogens with one attached hydrogen (secondary N) is 2. The second kappa shape index (κ2) is 11.4. The molecule has 0 aromatic carbocycles. The lowest BCUT2D eigenvalue weighted by molar-refractivity contribution is -0.133. The van der Waals surface area contributed by atoms with E-state index in [4.69, 9.17) is 4.74 Å². The van der Waals surface area contributed by atoms with Gasteiger partial charge in [-0.15, -0.1) is 0 Å². The Balaban J connectivity index is 1.47. The summed E-state index contributed by atoms with van der Waals surface area (Å²) in [6.07, 6.45) is 1.55. The standard InChI is InChI=1S/C22H36N6O4/c1-4-16(2)23-19(29)15-26-7-9-27(10-8-26)20(30)6-5-18-17(3)24-22(25-21(18)31)28-11-13-32-14-12-28/h16H,4-15H2,1-3H3,(H,23,29)(H,24,25,31). The fourth-order valence-corrected chi connectivity index (χ4v) is 3.99. The zero-order valence-corrected chi connectivity index (χ0v) is 19.5. The van der Waals surface area contributed by atoms with E-state index in [2.05, 4.69) is 20.2 Å². The van der Waals surface area contributed by atoms with Gasteiger partial charge in [-0.25, -0.2) is 4.98 Å². The van der Waals surface area contributed by atoms with E-state index in [1.165, 1.54) is 0 Å². The molecule has 1 aromatic rings. The predicted octanol–water partition coefficient (Wildman–Crippen LogP) is -0.0936. The molecule has 2 aliphatic heterocycles. The minimum atomic E-state index is -0.177. The van der Waals surface area contributed by atoms with Crippen molar-refractivity contribution in [1.82, 2.24) is 25.1 Å². The molecule has 3 heterocycles. The molecule has 2 fully saturated rings. The van der Waals surface area contributed by atoms with Crippen LogP contribution in [0.2, 0.25) is 0 Å². The van der Waals surface area contributed by atoms with Gasteiger partial charge in [0.05, 0.1) is 19.8 Å². The molecule has 178 valence electrons. The second-order valence-electron chi connectivity index (χ2n) is 8.59. The fourth-order valence-electron chi connectivity index (χ4n) is 3.99. The molecule has 32 heavy (non-hydrogen) atoms. The number of rotatable bonds is 8. The first-order valence-electron chi connectivity index (χ1n) is 11.6. The Bertz CT molecular complexity index is 843. The third-order valence-electron chi connectivity index (χ3n) is 6.22. The lowest BCUT2D eigenvalue weighted by atomic mass is 10.1. The number of carbonyl (C=O) groups excluding carboxylic acids is 2. The van der Waals surface area contributed by atoms with E-state index in [9.17, 15) is 14.4 Å². The van der Waals surface area contributed by atoms with Crippen LogP contribution in [0.5, 0.6) is 0 Å². The van der Waals surface area contributed by atoms with E-state index in [0.717, 1.165) is 6.42 Å². The monoisotopic (exact) mass is 448 g/mol. The highest BCUT2D eigenvalue weighted by molar-refractivity contribution is 5.78. The van der Waals surface area contributed by atoms with Gasteiger partial charge in [-0.3, -0.25) is 24.3 Å². The number of aryl methyl sites for hydroxylation is 1. The Hall–Kier alpha value is -2.46. The molecule has 2 N–H and O–H groups in total. The lowest BCUT2D eigenvalue weighted by Gasteiger charge is -2.34. The summed E-state index contributed by atoms with van der Waals surface area (Å²) in [7, 11) is 0. The normalized spacial score (nSPS) is 18.5. The SMILES string of the molecule is CCC(C)NC(=O)CN1CCN(C(=O)CCc2c(C)nc(N3CCOCC3)[nH]c2=O)CC1. The van der Waals surface area contributed by atoms with Crippen LogP contribution < -0.4 is 15.8 Å². The van der Waals surface area contributed by atoms with Gasteiger partial charge in [0.15, 0.2) is 0 Å². The molecule has 0 spiro atoms. The van der Waals surface area contributed by atoms with Crippen LogP contribution in [0.3, 0.4) is 0 Å². The summed E-state index contributed by atoms with van der Waals surface area (Å²) in [4.78, 5) is 50.7. The van der Waals surface area contributed by atoms with Gasteiger partial charge in [0, 0.05) is 63.0 Å². The fraction of sp³-hybridized carbons (Fsp3) is 0.727. The predicted molar refractivity (Wildman–Crippen MR) is 122 cm³/mol. The van der Waals surface area contributed by atoms with Gasteiger partial charge in [-0.1, -0.05) is 6.92 Å². The Labute approximate surface area is 189 Å². The van der Waals surface area contributed by atoms with Crippen LogP contribution in [0.4, 0.5) is 5.95 Å². The third kappa shape index (κ3) is 6.52. The average molecular weight is 449 g/mol. The van der Waals surface area contributed by atoms with Crippen LogP contribution in [-0.2, 0) is 20.7 Å². The number of ether oxygens (including phenoxy) is 1. The molecule has 1 aromatic heterocycles. The molecule has 10 heteroatoms. The molecule has 0 radical (unpaired) electrons. The van der Waals surface area contributed by atoms with Crippen LogP contribution in [0.15, 0.2) is 4.79 Å². The van der Waals surface area contributed by atoms with Gasteiger partial charge in [0.1, 0.15) is 0 Å². The summed E-state index contributed by atoms with van der Waals surface area (Å²) in [6, 6.07) is 0.175. The van der Waals surface area contributed by atoms with Crippen molar-refractivity contribution in [3.05, 3.63) is 21.6 Å². The minimum Gasteiger partial charge on any atom is -0.378 e. The summed E-state index contributed by atoms with van der Waals surface area (Å²) < 4.78 is 5.35. The molecular weight excluding hydrogens is 412 g/mol. The molecule has 2 saturated heterocycles. The quantitative estimate of drug-likeness (QED) is 0.572. The second-order valence-corrected chi connectivity index (χ2v) is 8.59. The Morgan fingerprint density at radius 1 is 1.16 bits per heavy atom. The van der Waals surface area contributed by atoms with Gasteiger partial charge in [0.25, 0.3) is 5.56 Å². The smallest absolute Gasteiger partial charge is 0.255 e. The van der Waals surface area contributed by atoms with Gasteiger partial charge in [0.2, 0.25) is 17.8 Å².